The average Bonchev–Trinajstić information content (AvgIpc) is 3.01. The second-order valence-corrected chi connectivity index (χ2v) is 6.66. The minimum absolute atomic E-state index is 0.657. The van der Waals surface area contributed by atoms with Crippen LogP contribution in [0.3, 0.4) is 0 Å². The van der Waals surface area contributed by atoms with Crippen LogP contribution in [0.4, 0.5) is 0 Å². The molecule has 0 aromatic carbocycles. The van der Waals surface area contributed by atoms with Crippen LogP contribution in [0.1, 0.15) is 24.0 Å². The first kappa shape index (κ1) is 20.4. The SMILES string of the molecule is CCOc1cc(CNCCc2cn(C)cn2)nc(CNCCN(C)C)c1. The van der Waals surface area contributed by atoms with Gasteiger partial charge in [0.1, 0.15) is 5.75 Å². The number of rotatable bonds is 12. The van der Waals surface area contributed by atoms with Crippen molar-refractivity contribution in [3.05, 3.63) is 41.7 Å². The lowest BCUT2D eigenvalue weighted by molar-refractivity contribution is 0.338. The number of aryl methyl sites for hydroxylation is 1. The zero-order valence-electron chi connectivity index (χ0n) is 16.5. The molecule has 0 fully saturated rings. The smallest absolute Gasteiger partial charge is 0.123 e. The predicted octanol–water partition coefficient (Wildman–Crippen LogP) is 1.20. The molecule has 2 rings (SSSR count). The quantitative estimate of drug-likeness (QED) is 0.555. The van der Waals surface area contributed by atoms with E-state index in [-0.39, 0.29) is 0 Å². The molecule has 7 nitrogen and oxygen atoms in total. The first-order chi connectivity index (χ1) is 12.6. The van der Waals surface area contributed by atoms with Crippen molar-refractivity contribution in [3.63, 3.8) is 0 Å². The number of ether oxygens (including phenoxy) is 1. The largest absolute Gasteiger partial charge is 0.494 e. The van der Waals surface area contributed by atoms with Gasteiger partial charge in [-0.25, -0.2) is 4.98 Å². The van der Waals surface area contributed by atoms with Gasteiger partial charge < -0.3 is 24.8 Å². The molecule has 0 amide bonds. The number of imidazole rings is 1. The number of hydrogen-bond acceptors (Lipinski definition) is 6. The first-order valence-electron chi connectivity index (χ1n) is 9.22. The maximum absolute atomic E-state index is 5.69. The molecule has 0 saturated heterocycles. The molecule has 0 unspecified atom stereocenters. The number of likely N-dealkylation sites (N-methyl/N-ethyl adjacent to an activating group) is 1. The molecule has 0 radical (unpaired) electrons. The minimum atomic E-state index is 0.657. The maximum atomic E-state index is 5.69. The Kier molecular flexibility index (Phi) is 8.53. The van der Waals surface area contributed by atoms with E-state index in [9.17, 15) is 0 Å². The van der Waals surface area contributed by atoms with Crippen molar-refractivity contribution in [2.45, 2.75) is 26.4 Å². The van der Waals surface area contributed by atoms with Crippen molar-refractivity contribution in [2.24, 2.45) is 7.05 Å². The van der Waals surface area contributed by atoms with E-state index in [0.29, 0.717) is 6.61 Å². The van der Waals surface area contributed by atoms with Crippen molar-refractivity contribution < 1.29 is 4.74 Å². The Hall–Kier alpha value is -1.96. The van der Waals surface area contributed by atoms with Gasteiger partial charge in [-0.1, -0.05) is 0 Å². The molecular weight excluding hydrogens is 328 g/mol. The van der Waals surface area contributed by atoms with Crippen LogP contribution in [0.15, 0.2) is 24.7 Å². The molecule has 0 aliphatic carbocycles. The van der Waals surface area contributed by atoms with Crippen molar-refractivity contribution in [3.8, 4) is 5.75 Å². The first-order valence-corrected chi connectivity index (χ1v) is 9.22. The van der Waals surface area contributed by atoms with Gasteiger partial charge in [0.25, 0.3) is 0 Å². The molecule has 7 heteroatoms. The van der Waals surface area contributed by atoms with E-state index in [4.69, 9.17) is 9.72 Å². The summed E-state index contributed by atoms with van der Waals surface area (Å²) >= 11 is 0. The normalized spacial score (nSPS) is 11.3. The third-order valence-electron chi connectivity index (χ3n) is 3.88. The van der Waals surface area contributed by atoms with Crippen LogP contribution >= 0.6 is 0 Å². The average molecular weight is 361 g/mol. The summed E-state index contributed by atoms with van der Waals surface area (Å²) in [6.45, 7) is 6.94. The summed E-state index contributed by atoms with van der Waals surface area (Å²) in [5.74, 6) is 0.883. The lowest BCUT2D eigenvalue weighted by Crippen LogP contribution is -2.26. The van der Waals surface area contributed by atoms with E-state index >= 15 is 0 Å². The Morgan fingerprint density at radius 1 is 1.08 bits per heavy atom. The van der Waals surface area contributed by atoms with E-state index in [1.807, 2.05) is 43.2 Å². The summed E-state index contributed by atoms with van der Waals surface area (Å²) in [4.78, 5) is 11.2. The molecule has 0 aliphatic rings. The zero-order valence-corrected chi connectivity index (χ0v) is 16.5. The van der Waals surface area contributed by atoms with E-state index in [2.05, 4.69) is 34.6 Å². The van der Waals surface area contributed by atoms with Crippen molar-refractivity contribution in [1.82, 2.24) is 30.1 Å². The van der Waals surface area contributed by atoms with Gasteiger partial charge in [0.15, 0.2) is 0 Å². The van der Waals surface area contributed by atoms with Crippen LogP contribution in [-0.2, 0) is 26.6 Å². The summed E-state index contributed by atoms with van der Waals surface area (Å²) in [6.07, 6.45) is 4.79. The molecule has 2 N–H and O–H groups in total. The van der Waals surface area contributed by atoms with Gasteiger partial charge in [0.05, 0.1) is 30.0 Å². The number of nitrogens with one attached hydrogen (secondary N) is 2. The molecular formula is C19H32N6O. The van der Waals surface area contributed by atoms with Gasteiger partial charge >= 0.3 is 0 Å². The molecule has 144 valence electrons. The van der Waals surface area contributed by atoms with E-state index in [1.165, 1.54) is 0 Å². The number of aromatic nitrogens is 3. The second-order valence-electron chi connectivity index (χ2n) is 6.66. The van der Waals surface area contributed by atoms with Gasteiger partial charge in [0, 0.05) is 64.5 Å². The van der Waals surface area contributed by atoms with Gasteiger partial charge in [0.2, 0.25) is 0 Å². The van der Waals surface area contributed by atoms with Gasteiger partial charge in [-0.2, -0.15) is 0 Å². The summed E-state index contributed by atoms with van der Waals surface area (Å²) in [6, 6.07) is 4.03. The summed E-state index contributed by atoms with van der Waals surface area (Å²) in [5.41, 5.74) is 3.11. The summed E-state index contributed by atoms with van der Waals surface area (Å²) in [5, 5.41) is 6.87. The molecule has 0 saturated carbocycles. The zero-order chi connectivity index (χ0) is 18.8. The second kappa shape index (κ2) is 10.9. The van der Waals surface area contributed by atoms with Gasteiger partial charge in [-0.3, -0.25) is 4.98 Å². The highest BCUT2D eigenvalue weighted by atomic mass is 16.5. The fourth-order valence-corrected chi connectivity index (χ4v) is 2.60. The molecule has 26 heavy (non-hydrogen) atoms. The monoisotopic (exact) mass is 360 g/mol. The van der Waals surface area contributed by atoms with E-state index < -0.39 is 0 Å². The number of nitrogens with zero attached hydrogens (tertiary/aromatic N) is 4. The third kappa shape index (κ3) is 7.51. The topological polar surface area (TPSA) is 67.2 Å². The van der Waals surface area contributed by atoms with Crippen LogP contribution in [0.5, 0.6) is 5.75 Å². The van der Waals surface area contributed by atoms with E-state index in [1.54, 1.807) is 0 Å². The fraction of sp³-hybridized carbons (Fsp3) is 0.579. The standard InChI is InChI=1S/C19H32N6O/c1-5-26-19-10-17(12-20-7-6-16-14-25(4)15-22-16)23-18(11-19)13-21-8-9-24(2)3/h10-11,14-15,20-21H,5-9,12-13H2,1-4H3. The summed E-state index contributed by atoms with van der Waals surface area (Å²) in [7, 11) is 6.13. The van der Waals surface area contributed by atoms with Crippen molar-refractivity contribution in [1.29, 1.82) is 0 Å². The Morgan fingerprint density at radius 2 is 1.77 bits per heavy atom. The van der Waals surface area contributed by atoms with Gasteiger partial charge in [-0.15, -0.1) is 0 Å². The Balaban J connectivity index is 1.84. The molecule has 2 heterocycles. The maximum Gasteiger partial charge on any atom is 0.123 e. The van der Waals surface area contributed by atoms with Crippen LogP contribution in [0, 0.1) is 0 Å². The van der Waals surface area contributed by atoms with Crippen LogP contribution in [0.2, 0.25) is 0 Å². The molecule has 0 bridgehead atoms. The van der Waals surface area contributed by atoms with Gasteiger partial charge in [-0.05, 0) is 21.0 Å². The summed E-state index contributed by atoms with van der Waals surface area (Å²) < 4.78 is 7.66. The molecule has 0 aliphatic heterocycles. The molecule has 2 aromatic rings. The predicted molar refractivity (Wildman–Crippen MR) is 104 cm³/mol. The third-order valence-corrected chi connectivity index (χ3v) is 3.88. The Bertz CT molecular complexity index is 655. The van der Waals surface area contributed by atoms with Crippen LogP contribution < -0.4 is 15.4 Å². The van der Waals surface area contributed by atoms with Crippen molar-refractivity contribution in [2.75, 3.05) is 40.3 Å². The minimum Gasteiger partial charge on any atom is -0.494 e. The molecule has 0 atom stereocenters. The van der Waals surface area contributed by atoms with E-state index in [0.717, 1.165) is 62.0 Å². The Labute approximate surface area is 156 Å². The van der Waals surface area contributed by atoms with Crippen LogP contribution in [-0.4, -0.2) is 59.8 Å². The molecule has 2 aromatic heterocycles. The lowest BCUT2D eigenvalue weighted by Gasteiger charge is -2.12. The number of hydrogen-bond donors (Lipinski definition) is 2. The number of pyridine rings is 1. The highest BCUT2D eigenvalue weighted by molar-refractivity contribution is 5.27. The lowest BCUT2D eigenvalue weighted by atomic mass is 10.2. The highest BCUT2D eigenvalue weighted by Crippen LogP contribution is 2.14. The van der Waals surface area contributed by atoms with Crippen LogP contribution in [0.25, 0.3) is 0 Å². The highest BCUT2D eigenvalue weighted by Gasteiger charge is 2.05. The fourth-order valence-electron chi connectivity index (χ4n) is 2.60. The molecule has 0 spiro atoms. The van der Waals surface area contributed by atoms with Crippen molar-refractivity contribution >= 4 is 0 Å². The Morgan fingerprint density at radius 3 is 2.35 bits per heavy atom.